The minimum atomic E-state index is -0.985. The van der Waals surface area contributed by atoms with Crippen molar-refractivity contribution in [3.8, 4) is 5.75 Å². The first-order chi connectivity index (χ1) is 12.1. The summed E-state index contributed by atoms with van der Waals surface area (Å²) in [6.45, 7) is 5.84. The summed E-state index contributed by atoms with van der Waals surface area (Å²) in [5, 5.41) is 27.0. The van der Waals surface area contributed by atoms with Crippen LogP contribution in [0.15, 0.2) is 24.3 Å². The summed E-state index contributed by atoms with van der Waals surface area (Å²) in [7, 11) is 0. The Labute approximate surface area is 152 Å². The Bertz CT molecular complexity index is 673. The number of rotatable bonds is 2. The molecule has 142 valence electrons. The number of benzene rings is 1. The lowest BCUT2D eigenvalue weighted by Crippen LogP contribution is -2.52. The Morgan fingerprint density at radius 3 is 2.19 bits per heavy atom. The van der Waals surface area contributed by atoms with Crippen LogP contribution in [0.4, 0.5) is 9.59 Å². The van der Waals surface area contributed by atoms with Gasteiger partial charge in [0.25, 0.3) is 0 Å². The second-order valence-electron chi connectivity index (χ2n) is 7.25. The van der Waals surface area contributed by atoms with Crippen LogP contribution in [0.2, 0.25) is 0 Å². The van der Waals surface area contributed by atoms with Crippen LogP contribution >= 0.6 is 0 Å². The summed E-state index contributed by atoms with van der Waals surface area (Å²) in [5.41, 5.74) is -0.249. The number of carboxylic acid groups (broad SMARTS) is 1. The number of piperidine rings is 1. The first-order valence-corrected chi connectivity index (χ1v) is 8.46. The highest BCUT2D eigenvalue weighted by Crippen LogP contribution is 2.23. The normalized spacial score (nSPS) is 15.4. The van der Waals surface area contributed by atoms with Crippen LogP contribution in [0.3, 0.4) is 0 Å². The van der Waals surface area contributed by atoms with Crippen molar-refractivity contribution in [3.05, 3.63) is 29.8 Å². The molecule has 1 saturated heterocycles. The van der Waals surface area contributed by atoms with Crippen LogP contribution in [0, 0.1) is 5.41 Å². The third-order valence-corrected chi connectivity index (χ3v) is 4.07. The van der Waals surface area contributed by atoms with Crippen molar-refractivity contribution in [1.29, 1.82) is 5.41 Å². The maximum absolute atomic E-state index is 12.7. The number of phenolic OH excluding ortho intramolecular Hbond substituents is 1. The molecule has 1 aromatic rings. The Morgan fingerprint density at radius 1 is 1.19 bits per heavy atom. The first kappa shape index (κ1) is 19.6. The molecule has 3 N–H and O–H groups in total. The predicted molar refractivity (Wildman–Crippen MR) is 95.6 cm³/mol. The predicted octanol–water partition coefficient (Wildman–Crippen LogP) is 3.10. The zero-order chi connectivity index (χ0) is 19.5. The average molecular weight is 363 g/mol. The summed E-state index contributed by atoms with van der Waals surface area (Å²) in [5.74, 6) is 0.0353. The Morgan fingerprint density at radius 2 is 1.73 bits per heavy atom. The Balaban J connectivity index is 2.24. The number of nitrogens with zero attached hydrogens (tertiary/aromatic N) is 2. The van der Waals surface area contributed by atoms with E-state index in [0.29, 0.717) is 31.5 Å². The molecule has 1 aliphatic rings. The molecule has 0 atom stereocenters. The van der Waals surface area contributed by atoms with E-state index in [1.807, 2.05) is 0 Å². The highest BCUT2D eigenvalue weighted by Gasteiger charge is 2.35. The smallest absolute Gasteiger partial charge is 0.416 e. The number of likely N-dealkylation sites (tertiary alicyclic amines) is 1. The fourth-order valence-electron chi connectivity index (χ4n) is 2.81. The van der Waals surface area contributed by atoms with Gasteiger partial charge in [0.1, 0.15) is 17.2 Å². The van der Waals surface area contributed by atoms with Crippen LogP contribution in [-0.4, -0.2) is 62.8 Å². The van der Waals surface area contributed by atoms with Crippen molar-refractivity contribution >= 4 is 18.0 Å². The fourth-order valence-corrected chi connectivity index (χ4v) is 2.81. The number of amides is 2. The number of hydrogen-bond donors (Lipinski definition) is 3. The van der Waals surface area contributed by atoms with E-state index >= 15 is 0 Å². The van der Waals surface area contributed by atoms with E-state index in [4.69, 9.17) is 15.3 Å². The highest BCUT2D eigenvalue weighted by molar-refractivity contribution is 6.05. The average Bonchev–Trinajstić information content (AvgIpc) is 2.54. The molecule has 0 aliphatic carbocycles. The van der Waals surface area contributed by atoms with Gasteiger partial charge in [-0.25, -0.2) is 9.59 Å². The van der Waals surface area contributed by atoms with E-state index < -0.39 is 17.8 Å². The van der Waals surface area contributed by atoms with Crippen LogP contribution in [0.1, 0.15) is 39.2 Å². The highest BCUT2D eigenvalue weighted by atomic mass is 16.6. The van der Waals surface area contributed by atoms with E-state index in [-0.39, 0.29) is 17.6 Å². The third-order valence-electron chi connectivity index (χ3n) is 4.07. The number of nitrogens with one attached hydrogen (secondary N) is 1. The molecule has 2 amide bonds. The van der Waals surface area contributed by atoms with Gasteiger partial charge in [0.2, 0.25) is 0 Å². The molecule has 2 rings (SSSR count). The van der Waals surface area contributed by atoms with Crippen molar-refractivity contribution in [2.45, 2.75) is 45.3 Å². The molecule has 1 heterocycles. The molecule has 8 nitrogen and oxygen atoms in total. The quantitative estimate of drug-likeness (QED) is 0.552. The third kappa shape index (κ3) is 4.87. The monoisotopic (exact) mass is 363 g/mol. The van der Waals surface area contributed by atoms with E-state index in [1.54, 1.807) is 32.9 Å². The molecule has 0 saturated carbocycles. The van der Waals surface area contributed by atoms with Gasteiger partial charge in [-0.3, -0.25) is 10.3 Å². The van der Waals surface area contributed by atoms with Crippen LogP contribution < -0.4 is 0 Å². The molecule has 0 bridgehead atoms. The lowest BCUT2D eigenvalue weighted by atomic mass is 10.0. The number of aromatic hydroxyl groups is 1. The number of carbonyl (C=O) groups is 2. The van der Waals surface area contributed by atoms with Gasteiger partial charge in [0.15, 0.2) is 0 Å². The van der Waals surface area contributed by atoms with Gasteiger partial charge in [-0.15, -0.1) is 0 Å². The minimum absolute atomic E-state index is 0.0342. The van der Waals surface area contributed by atoms with Gasteiger partial charge in [-0.05, 0) is 57.9 Å². The van der Waals surface area contributed by atoms with Gasteiger partial charge in [0, 0.05) is 24.7 Å². The zero-order valence-corrected chi connectivity index (χ0v) is 15.2. The van der Waals surface area contributed by atoms with E-state index in [1.165, 1.54) is 21.9 Å². The second-order valence-corrected chi connectivity index (χ2v) is 7.25. The van der Waals surface area contributed by atoms with E-state index in [2.05, 4.69) is 0 Å². The van der Waals surface area contributed by atoms with Crippen molar-refractivity contribution in [3.63, 3.8) is 0 Å². The van der Waals surface area contributed by atoms with Crippen LogP contribution in [0.25, 0.3) is 0 Å². The van der Waals surface area contributed by atoms with Gasteiger partial charge < -0.3 is 19.8 Å². The Kier molecular flexibility index (Phi) is 5.74. The van der Waals surface area contributed by atoms with Crippen molar-refractivity contribution in [2.24, 2.45) is 0 Å². The molecular formula is C18H25N3O5. The number of hydrogen-bond acceptors (Lipinski definition) is 5. The van der Waals surface area contributed by atoms with Crippen molar-refractivity contribution in [1.82, 2.24) is 9.80 Å². The molecule has 0 radical (unpaired) electrons. The maximum atomic E-state index is 12.7. The SMILES string of the molecule is CC(C)(C)OC(=O)N(C(=N)c1ccc(O)cc1)C1CCN(C(=O)O)CC1. The van der Waals surface area contributed by atoms with Gasteiger partial charge >= 0.3 is 12.2 Å². The molecule has 1 aliphatic heterocycles. The number of carbonyl (C=O) groups excluding carboxylic acids is 1. The molecule has 0 aromatic heterocycles. The lowest BCUT2D eigenvalue weighted by Gasteiger charge is -2.38. The maximum Gasteiger partial charge on any atom is 0.416 e. The summed E-state index contributed by atoms with van der Waals surface area (Å²) >= 11 is 0. The summed E-state index contributed by atoms with van der Waals surface area (Å²) in [6.07, 6.45) is -0.775. The molecule has 0 unspecified atom stereocenters. The molecule has 0 spiro atoms. The number of phenols is 1. The van der Waals surface area contributed by atoms with Crippen LogP contribution in [-0.2, 0) is 4.74 Å². The molecule has 8 heteroatoms. The van der Waals surface area contributed by atoms with Crippen LogP contribution in [0.5, 0.6) is 5.75 Å². The molecule has 26 heavy (non-hydrogen) atoms. The van der Waals surface area contributed by atoms with Gasteiger partial charge in [-0.1, -0.05) is 0 Å². The van der Waals surface area contributed by atoms with Crippen molar-refractivity contribution in [2.75, 3.05) is 13.1 Å². The number of ether oxygens (including phenoxy) is 1. The standard InChI is InChI=1S/C18H25N3O5/c1-18(2,3)26-17(25)21(13-8-10-20(11-9-13)16(23)24)15(19)12-4-6-14(22)7-5-12/h4-7,13,19,22H,8-11H2,1-3H3,(H,23,24). The summed E-state index contributed by atoms with van der Waals surface area (Å²) in [6, 6.07) is 5.68. The Hall–Kier alpha value is -2.77. The van der Waals surface area contributed by atoms with E-state index in [0.717, 1.165) is 0 Å². The first-order valence-electron chi connectivity index (χ1n) is 8.46. The number of amidine groups is 1. The van der Waals surface area contributed by atoms with Gasteiger partial charge in [-0.2, -0.15) is 0 Å². The van der Waals surface area contributed by atoms with Gasteiger partial charge in [0.05, 0.1) is 0 Å². The molecular weight excluding hydrogens is 338 g/mol. The largest absolute Gasteiger partial charge is 0.508 e. The lowest BCUT2D eigenvalue weighted by molar-refractivity contribution is 0.0261. The summed E-state index contributed by atoms with van der Waals surface area (Å²) in [4.78, 5) is 26.4. The van der Waals surface area contributed by atoms with E-state index in [9.17, 15) is 14.7 Å². The fraction of sp³-hybridized carbons (Fsp3) is 0.500. The topological polar surface area (TPSA) is 114 Å². The van der Waals surface area contributed by atoms with Crippen molar-refractivity contribution < 1.29 is 24.5 Å². The molecule has 1 aromatic carbocycles. The molecule has 1 fully saturated rings. The zero-order valence-electron chi connectivity index (χ0n) is 15.2. The minimum Gasteiger partial charge on any atom is -0.508 e. The second kappa shape index (κ2) is 7.63. The summed E-state index contributed by atoms with van der Waals surface area (Å²) < 4.78 is 5.46.